The summed E-state index contributed by atoms with van der Waals surface area (Å²) in [7, 11) is 0. The number of nitro groups is 1. The van der Waals surface area contributed by atoms with Crippen LogP contribution in [0.5, 0.6) is 0 Å². The third-order valence-electron chi connectivity index (χ3n) is 2.99. The molecule has 21 heavy (non-hydrogen) atoms. The highest BCUT2D eigenvalue weighted by atomic mass is 32.1. The average Bonchev–Trinajstić information content (AvgIpc) is 2.96. The van der Waals surface area contributed by atoms with E-state index in [-0.39, 0.29) is 11.1 Å². The zero-order valence-corrected chi connectivity index (χ0v) is 12.6. The molecule has 0 fully saturated rings. The fourth-order valence-electron chi connectivity index (χ4n) is 1.93. The van der Waals surface area contributed by atoms with Crippen molar-refractivity contribution in [1.29, 1.82) is 0 Å². The van der Waals surface area contributed by atoms with Crippen LogP contribution >= 0.6 is 11.3 Å². The standard InChI is InChI=1S/C13H13N5O2S/c1-13(2,3)11-14-15-12-17(11)16-10(21-12)8-4-6-9(7-5-8)18(19)20/h4-7H,1-3H3. The highest BCUT2D eigenvalue weighted by molar-refractivity contribution is 7.19. The molecular formula is C13H13N5O2S. The van der Waals surface area contributed by atoms with E-state index in [4.69, 9.17) is 0 Å². The van der Waals surface area contributed by atoms with Gasteiger partial charge in [0.2, 0.25) is 4.96 Å². The predicted molar refractivity (Wildman–Crippen MR) is 79.4 cm³/mol. The number of fused-ring (bicyclic) bond motifs is 1. The summed E-state index contributed by atoms with van der Waals surface area (Å²) in [6.07, 6.45) is 0. The third-order valence-corrected chi connectivity index (χ3v) is 3.93. The minimum absolute atomic E-state index is 0.0668. The van der Waals surface area contributed by atoms with Crippen molar-refractivity contribution < 1.29 is 4.92 Å². The Kier molecular flexibility index (Phi) is 2.98. The van der Waals surface area contributed by atoms with Crippen molar-refractivity contribution in [3.8, 4) is 10.6 Å². The van der Waals surface area contributed by atoms with Crippen molar-refractivity contribution in [3.05, 3.63) is 40.2 Å². The summed E-state index contributed by atoms with van der Waals surface area (Å²) >= 11 is 1.41. The van der Waals surface area contributed by atoms with Gasteiger partial charge in [0.15, 0.2) is 5.82 Å². The Balaban J connectivity index is 2.05. The fourth-order valence-corrected chi connectivity index (χ4v) is 2.77. The highest BCUT2D eigenvalue weighted by Gasteiger charge is 2.23. The van der Waals surface area contributed by atoms with Crippen molar-refractivity contribution in [1.82, 2.24) is 19.8 Å². The molecule has 7 nitrogen and oxygen atoms in total. The molecule has 0 aliphatic carbocycles. The van der Waals surface area contributed by atoms with Gasteiger partial charge in [0.1, 0.15) is 5.01 Å². The lowest BCUT2D eigenvalue weighted by Gasteiger charge is -2.13. The maximum absolute atomic E-state index is 10.7. The summed E-state index contributed by atoms with van der Waals surface area (Å²) < 4.78 is 1.74. The Morgan fingerprint density at radius 3 is 2.43 bits per heavy atom. The van der Waals surface area contributed by atoms with Crippen LogP contribution < -0.4 is 0 Å². The lowest BCUT2D eigenvalue weighted by Crippen LogP contribution is -2.16. The number of hydrogen-bond donors (Lipinski definition) is 0. The van der Waals surface area contributed by atoms with E-state index >= 15 is 0 Å². The van der Waals surface area contributed by atoms with E-state index < -0.39 is 4.92 Å². The molecule has 108 valence electrons. The van der Waals surface area contributed by atoms with Gasteiger partial charge in [-0.3, -0.25) is 10.1 Å². The molecule has 2 aromatic heterocycles. The largest absolute Gasteiger partial charge is 0.269 e. The molecular weight excluding hydrogens is 290 g/mol. The van der Waals surface area contributed by atoms with Gasteiger partial charge in [-0.15, -0.1) is 10.2 Å². The molecule has 3 aromatic rings. The van der Waals surface area contributed by atoms with Gasteiger partial charge >= 0.3 is 0 Å². The minimum atomic E-state index is -0.417. The quantitative estimate of drug-likeness (QED) is 0.536. The molecule has 1 aromatic carbocycles. The summed E-state index contributed by atoms with van der Waals surface area (Å²) in [6, 6.07) is 6.34. The van der Waals surface area contributed by atoms with E-state index in [9.17, 15) is 10.1 Å². The maximum atomic E-state index is 10.7. The molecule has 0 aliphatic rings. The Morgan fingerprint density at radius 1 is 1.19 bits per heavy atom. The summed E-state index contributed by atoms with van der Waals surface area (Å²) in [5.74, 6) is 0.793. The molecule has 0 aliphatic heterocycles. The van der Waals surface area contributed by atoms with E-state index in [1.54, 1.807) is 16.6 Å². The molecule has 0 atom stereocenters. The Morgan fingerprint density at radius 2 is 1.86 bits per heavy atom. The van der Waals surface area contributed by atoms with Crippen LogP contribution in [0.25, 0.3) is 15.5 Å². The van der Waals surface area contributed by atoms with Gasteiger partial charge in [-0.25, -0.2) is 0 Å². The molecule has 0 N–H and O–H groups in total. The molecule has 0 bridgehead atoms. The van der Waals surface area contributed by atoms with Crippen LogP contribution in [-0.4, -0.2) is 24.7 Å². The van der Waals surface area contributed by atoms with Crippen LogP contribution in [0.2, 0.25) is 0 Å². The van der Waals surface area contributed by atoms with Crippen LogP contribution in [0.4, 0.5) is 5.69 Å². The first-order valence-electron chi connectivity index (χ1n) is 6.34. The molecule has 3 rings (SSSR count). The number of nitrogens with zero attached hydrogens (tertiary/aromatic N) is 5. The Hall–Kier alpha value is -2.35. The van der Waals surface area contributed by atoms with E-state index in [1.165, 1.54) is 23.5 Å². The SMILES string of the molecule is CC(C)(C)c1nnc2sc(-c3ccc([N+](=O)[O-])cc3)nn12. The first kappa shape index (κ1) is 13.6. The van der Waals surface area contributed by atoms with Crippen LogP contribution in [0.3, 0.4) is 0 Å². The number of aromatic nitrogens is 4. The minimum Gasteiger partial charge on any atom is -0.258 e. The van der Waals surface area contributed by atoms with Gasteiger partial charge in [0, 0.05) is 23.1 Å². The topological polar surface area (TPSA) is 86.2 Å². The van der Waals surface area contributed by atoms with Gasteiger partial charge in [-0.1, -0.05) is 32.1 Å². The average molecular weight is 303 g/mol. The van der Waals surface area contributed by atoms with Crippen molar-refractivity contribution in [2.75, 3.05) is 0 Å². The lowest BCUT2D eigenvalue weighted by molar-refractivity contribution is -0.384. The first-order valence-corrected chi connectivity index (χ1v) is 7.15. The van der Waals surface area contributed by atoms with Crippen molar-refractivity contribution in [3.63, 3.8) is 0 Å². The first-order chi connectivity index (χ1) is 9.86. The smallest absolute Gasteiger partial charge is 0.258 e. The molecule has 0 amide bonds. The Bertz CT molecular complexity index is 813. The fraction of sp³-hybridized carbons (Fsp3) is 0.308. The van der Waals surface area contributed by atoms with Gasteiger partial charge in [0.25, 0.3) is 5.69 Å². The molecule has 0 radical (unpaired) electrons. The second kappa shape index (κ2) is 4.59. The van der Waals surface area contributed by atoms with E-state index in [1.807, 2.05) is 20.8 Å². The zero-order valence-electron chi connectivity index (χ0n) is 11.8. The van der Waals surface area contributed by atoms with E-state index in [2.05, 4.69) is 15.3 Å². The van der Waals surface area contributed by atoms with Crippen LogP contribution in [0.1, 0.15) is 26.6 Å². The summed E-state index contributed by atoms with van der Waals surface area (Å²) in [5.41, 5.74) is 0.744. The molecule has 0 unspecified atom stereocenters. The van der Waals surface area contributed by atoms with Crippen molar-refractivity contribution in [2.24, 2.45) is 0 Å². The number of benzene rings is 1. The maximum Gasteiger partial charge on any atom is 0.269 e. The molecule has 0 saturated heterocycles. The van der Waals surface area contributed by atoms with Crippen LogP contribution in [0.15, 0.2) is 24.3 Å². The third kappa shape index (κ3) is 2.38. The second-order valence-electron chi connectivity index (χ2n) is 5.68. The monoisotopic (exact) mass is 303 g/mol. The summed E-state index contributed by atoms with van der Waals surface area (Å²) in [6.45, 7) is 6.15. The number of non-ortho nitro benzene ring substituents is 1. The summed E-state index contributed by atoms with van der Waals surface area (Å²) in [5, 5.41) is 24.3. The second-order valence-corrected chi connectivity index (χ2v) is 6.64. The lowest BCUT2D eigenvalue weighted by atomic mass is 9.96. The van der Waals surface area contributed by atoms with Gasteiger partial charge in [-0.05, 0) is 12.1 Å². The molecule has 2 heterocycles. The number of nitro benzene ring substituents is 1. The van der Waals surface area contributed by atoms with E-state index in [0.29, 0.717) is 4.96 Å². The normalized spacial score (nSPS) is 12.0. The van der Waals surface area contributed by atoms with Crippen molar-refractivity contribution >= 4 is 22.0 Å². The molecule has 0 saturated carbocycles. The molecule has 0 spiro atoms. The number of rotatable bonds is 2. The zero-order chi connectivity index (χ0) is 15.2. The molecule has 8 heteroatoms. The summed E-state index contributed by atoms with van der Waals surface area (Å²) in [4.78, 5) is 11.0. The van der Waals surface area contributed by atoms with Gasteiger partial charge < -0.3 is 0 Å². The van der Waals surface area contributed by atoms with Crippen LogP contribution in [0, 0.1) is 10.1 Å². The van der Waals surface area contributed by atoms with Crippen LogP contribution in [-0.2, 0) is 5.41 Å². The van der Waals surface area contributed by atoms with E-state index in [0.717, 1.165) is 16.4 Å². The van der Waals surface area contributed by atoms with Crippen molar-refractivity contribution in [2.45, 2.75) is 26.2 Å². The Labute approximate surface area is 124 Å². The predicted octanol–water partition coefficient (Wildman–Crippen LogP) is 3.06. The number of hydrogen-bond acceptors (Lipinski definition) is 6. The van der Waals surface area contributed by atoms with Gasteiger partial charge in [-0.2, -0.15) is 9.61 Å². The highest BCUT2D eigenvalue weighted by Crippen LogP contribution is 2.29. The van der Waals surface area contributed by atoms with Gasteiger partial charge in [0.05, 0.1) is 4.92 Å².